The van der Waals surface area contributed by atoms with E-state index in [1.807, 2.05) is 37.3 Å². The van der Waals surface area contributed by atoms with E-state index >= 15 is 0 Å². The zero-order valence-electron chi connectivity index (χ0n) is 19.1. The highest BCUT2D eigenvalue weighted by Crippen LogP contribution is 2.50. The Bertz CT molecular complexity index is 1320. The van der Waals surface area contributed by atoms with Gasteiger partial charge in [-0.05, 0) is 31.4 Å². The molecular formula is C27H26O6. The average molecular weight is 446 g/mol. The molecule has 5 rings (SSSR count). The van der Waals surface area contributed by atoms with Gasteiger partial charge in [-0.1, -0.05) is 30.3 Å². The maximum absolute atomic E-state index is 10.8. The van der Waals surface area contributed by atoms with Crippen LogP contribution in [0.4, 0.5) is 0 Å². The summed E-state index contributed by atoms with van der Waals surface area (Å²) in [6.45, 7) is 1.88. The van der Waals surface area contributed by atoms with Crippen LogP contribution in [0.25, 0.3) is 22.3 Å². The van der Waals surface area contributed by atoms with Crippen LogP contribution in [0.5, 0.6) is 28.7 Å². The Morgan fingerprint density at radius 2 is 1.70 bits per heavy atom. The van der Waals surface area contributed by atoms with Gasteiger partial charge in [0.1, 0.15) is 51.8 Å². The lowest BCUT2D eigenvalue weighted by Gasteiger charge is -2.28. The summed E-state index contributed by atoms with van der Waals surface area (Å²) in [5.41, 5.74) is 4.01. The highest BCUT2D eigenvalue weighted by atomic mass is 16.5. The number of phenolic OH excluding ortho intramolecular Hbond substituents is 1. The van der Waals surface area contributed by atoms with Crippen molar-refractivity contribution in [2.45, 2.75) is 25.9 Å². The molecule has 1 atom stereocenters. The van der Waals surface area contributed by atoms with Crippen LogP contribution in [0.3, 0.4) is 0 Å². The minimum atomic E-state index is -0.0569. The van der Waals surface area contributed by atoms with Crippen molar-refractivity contribution in [2.24, 2.45) is 0 Å². The lowest BCUT2D eigenvalue weighted by Crippen LogP contribution is -2.16. The predicted molar refractivity (Wildman–Crippen MR) is 126 cm³/mol. The molecule has 6 nitrogen and oxygen atoms in total. The van der Waals surface area contributed by atoms with Crippen molar-refractivity contribution in [3.05, 3.63) is 65.2 Å². The molecule has 0 saturated heterocycles. The Morgan fingerprint density at radius 1 is 0.939 bits per heavy atom. The zero-order valence-corrected chi connectivity index (χ0v) is 19.1. The van der Waals surface area contributed by atoms with Crippen LogP contribution in [-0.2, 0) is 6.42 Å². The lowest BCUT2D eigenvalue weighted by molar-refractivity contribution is 0.177. The van der Waals surface area contributed by atoms with Crippen LogP contribution in [0, 0.1) is 6.92 Å². The highest BCUT2D eigenvalue weighted by Gasteiger charge is 2.29. The monoisotopic (exact) mass is 446 g/mol. The summed E-state index contributed by atoms with van der Waals surface area (Å²) in [6.07, 6.45) is 1.62. The summed E-state index contributed by atoms with van der Waals surface area (Å²) >= 11 is 0. The fourth-order valence-electron chi connectivity index (χ4n) is 4.65. The second-order valence-electron chi connectivity index (χ2n) is 8.10. The van der Waals surface area contributed by atoms with E-state index in [4.69, 9.17) is 23.4 Å². The molecule has 1 aliphatic heterocycles. The van der Waals surface area contributed by atoms with E-state index in [9.17, 15) is 5.11 Å². The first-order valence-electron chi connectivity index (χ1n) is 10.9. The maximum Gasteiger partial charge on any atom is 0.143 e. The van der Waals surface area contributed by atoms with Gasteiger partial charge in [0.15, 0.2) is 0 Å². The normalized spacial score (nSPS) is 15.1. The molecule has 3 aromatic carbocycles. The molecule has 170 valence electrons. The van der Waals surface area contributed by atoms with Crippen molar-refractivity contribution < 1.29 is 28.5 Å². The quantitative estimate of drug-likeness (QED) is 0.393. The SMILES string of the molecule is COc1cc(O)c(-c2cc3c4c(c(OC)cc3o2)CC[C@@H](c2ccccc2)O4)c(OC)c1C. The minimum Gasteiger partial charge on any atom is -0.507 e. The van der Waals surface area contributed by atoms with Gasteiger partial charge in [0.25, 0.3) is 0 Å². The number of hydrogen-bond donors (Lipinski definition) is 1. The Kier molecular flexibility index (Phi) is 5.29. The van der Waals surface area contributed by atoms with Crippen LogP contribution >= 0.6 is 0 Å². The molecule has 0 unspecified atom stereocenters. The largest absolute Gasteiger partial charge is 0.507 e. The molecule has 1 aliphatic rings. The molecule has 0 aliphatic carbocycles. The first kappa shape index (κ1) is 21.1. The van der Waals surface area contributed by atoms with Crippen molar-refractivity contribution in [1.82, 2.24) is 0 Å². The number of benzene rings is 3. The third kappa shape index (κ3) is 3.42. The number of hydrogen-bond acceptors (Lipinski definition) is 6. The number of fused-ring (bicyclic) bond motifs is 3. The fourth-order valence-corrected chi connectivity index (χ4v) is 4.65. The zero-order chi connectivity index (χ0) is 23.1. The number of phenols is 1. The van der Waals surface area contributed by atoms with Gasteiger partial charge >= 0.3 is 0 Å². The molecule has 0 spiro atoms. The summed E-state index contributed by atoms with van der Waals surface area (Å²) < 4.78 is 29.4. The van der Waals surface area contributed by atoms with E-state index in [1.165, 1.54) is 0 Å². The number of rotatable bonds is 5. The van der Waals surface area contributed by atoms with Crippen molar-refractivity contribution in [2.75, 3.05) is 21.3 Å². The minimum absolute atomic E-state index is 0.0114. The molecule has 0 saturated carbocycles. The highest BCUT2D eigenvalue weighted by molar-refractivity contribution is 5.93. The van der Waals surface area contributed by atoms with Crippen LogP contribution in [0.1, 0.15) is 29.2 Å². The van der Waals surface area contributed by atoms with Crippen LogP contribution in [-0.4, -0.2) is 26.4 Å². The van der Waals surface area contributed by atoms with Gasteiger partial charge < -0.3 is 28.5 Å². The molecule has 0 amide bonds. The number of methoxy groups -OCH3 is 3. The van der Waals surface area contributed by atoms with E-state index in [0.29, 0.717) is 28.4 Å². The third-order valence-corrected chi connectivity index (χ3v) is 6.28. The van der Waals surface area contributed by atoms with Gasteiger partial charge in [0.2, 0.25) is 0 Å². The van der Waals surface area contributed by atoms with Gasteiger partial charge in [-0.3, -0.25) is 0 Å². The Morgan fingerprint density at radius 3 is 2.39 bits per heavy atom. The van der Waals surface area contributed by atoms with E-state index in [2.05, 4.69) is 12.1 Å². The van der Waals surface area contributed by atoms with Crippen molar-refractivity contribution in [3.8, 4) is 40.1 Å². The molecule has 0 bridgehead atoms. The second-order valence-corrected chi connectivity index (χ2v) is 8.10. The number of furan rings is 1. The van der Waals surface area contributed by atoms with Crippen LogP contribution in [0.2, 0.25) is 0 Å². The van der Waals surface area contributed by atoms with E-state index in [1.54, 1.807) is 27.4 Å². The second kappa shape index (κ2) is 8.28. The van der Waals surface area contributed by atoms with Crippen LogP contribution < -0.4 is 18.9 Å². The molecule has 4 aromatic rings. The van der Waals surface area contributed by atoms with E-state index in [-0.39, 0.29) is 11.9 Å². The summed E-state index contributed by atoms with van der Waals surface area (Å²) in [6, 6.07) is 15.5. The molecule has 0 radical (unpaired) electrons. The summed E-state index contributed by atoms with van der Waals surface area (Å²) in [5.74, 6) is 3.01. The molecule has 0 fully saturated rings. The van der Waals surface area contributed by atoms with Gasteiger partial charge in [-0.2, -0.15) is 0 Å². The fraction of sp³-hybridized carbons (Fsp3) is 0.259. The molecular weight excluding hydrogens is 420 g/mol. The molecule has 2 heterocycles. The van der Waals surface area contributed by atoms with Gasteiger partial charge in [-0.15, -0.1) is 0 Å². The van der Waals surface area contributed by atoms with E-state index in [0.717, 1.165) is 46.4 Å². The molecule has 6 heteroatoms. The molecule has 33 heavy (non-hydrogen) atoms. The van der Waals surface area contributed by atoms with Gasteiger partial charge in [-0.25, -0.2) is 0 Å². The Hall–Kier alpha value is -3.80. The van der Waals surface area contributed by atoms with Crippen LogP contribution in [0.15, 0.2) is 52.9 Å². The van der Waals surface area contributed by atoms with Crippen molar-refractivity contribution in [1.29, 1.82) is 0 Å². The first-order chi connectivity index (χ1) is 16.0. The smallest absolute Gasteiger partial charge is 0.143 e. The molecule has 1 N–H and O–H groups in total. The van der Waals surface area contributed by atoms with Gasteiger partial charge in [0, 0.05) is 23.3 Å². The van der Waals surface area contributed by atoms with Crippen molar-refractivity contribution in [3.63, 3.8) is 0 Å². The molecule has 1 aromatic heterocycles. The number of aromatic hydroxyl groups is 1. The summed E-state index contributed by atoms with van der Waals surface area (Å²) in [5, 5.41) is 11.6. The van der Waals surface area contributed by atoms with Gasteiger partial charge in [0.05, 0.1) is 26.7 Å². The summed E-state index contributed by atoms with van der Waals surface area (Å²) in [4.78, 5) is 0. The summed E-state index contributed by atoms with van der Waals surface area (Å²) in [7, 11) is 4.77. The maximum atomic E-state index is 10.8. The first-order valence-corrected chi connectivity index (χ1v) is 10.9. The van der Waals surface area contributed by atoms with Crippen molar-refractivity contribution >= 4 is 11.0 Å². The third-order valence-electron chi connectivity index (χ3n) is 6.28. The number of ether oxygens (including phenoxy) is 4. The topological polar surface area (TPSA) is 70.3 Å². The Balaban J connectivity index is 1.68. The van der Waals surface area contributed by atoms with E-state index < -0.39 is 0 Å². The average Bonchev–Trinajstić information content (AvgIpc) is 3.28. The Labute approximate surface area is 192 Å². The standard InChI is InChI=1S/C27H26O6/c1-15-21(29-2)13-19(28)25(26(15)31-4)24-12-18-23(32-24)14-22(30-3)17-10-11-20(33-27(17)18)16-8-6-5-7-9-16/h5-9,12-14,20,28H,10-11H2,1-4H3/t20-/m0/s1. The lowest BCUT2D eigenvalue weighted by atomic mass is 9.95. The predicted octanol–water partition coefficient (Wildman–Crippen LogP) is 6.21.